The zero-order valence-electron chi connectivity index (χ0n) is 17.9. The second-order valence-corrected chi connectivity index (χ2v) is 8.52. The maximum absolute atomic E-state index is 12.5. The Hall–Kier alpha value is -1.51. The standard InChI is InChI=1S/C23H38O3/c1-8-9-10-11-12-13-14-26-22(25)18(4)19-15-20(23(5,6)7)21(24)17(3)16(19)2/h15,18,24H,8-14H2,1-7H3. The van der Waals surface area contributed by atoms with E-state index in [0.29, 0.717) is 12.4 Å². The number of benzene rings is 1. The summed E-state index contributed by atoms with van der Waals surface area (Å²) in [6, 6.07) is 1.98. The zero-order chi connectivity index (χ0) is 19.9. The summed E-state index contributed by atoms with van der Waals surface area (Å²) in [4.78, 5) is 12.5. The number of unbranched alkanes of at least 4 members (excludes halogenated alkanes) is 5. The van der Waals surface area contributed by atoms with Crippen LogP contribution in [-0.4, -0.2) is 17.7 Å². The summed E-state index contributed by atoms with van der Waals surface area (Å²) in [5.74, 6) is -0.159. The van der Waals surface area contributed by atoms with Crippen LogP contribution in [0.25, 0.3) is 0 Å². The number of ether oxygens (including phenoxy) is 1. The number of phenols is 1. The predicted molar refractivity (Wildman–Crippen MR) is 109 cm³/mol. The molecule has 0 aliphatic carbocycles. The quantitative estimate of drug-likeness (QED) is 0.413. The third-order valence-electron chi connectivity index (χ3n) is 5.28. The lowest BCUT2D eigenvalue weighted by atomic mass is 9.80. The molecular formula is C23H38O3. The maximum atomic E-state index is 12.5. The number of hydrogen-bond donors (Lipinski definition) is 1. The topological polar surface area (TPSA) is 46.5 Å². The first-order chi connectivity index (χ1) is 12.1. The summed E-state index contributed by atoms with van der Waals surface area (Å²) in [5, 5.41) is 10.5. The Morgan fingerprint density at radius 1 is 1.08 bits per heavy atom. The van der Waals surface area contributed by atoms with E-state index in [0.717, 1.165) is 35.1 Å². The fourth-order valence-electron chi connectivity index (χ4n) is 3.26. The van der Waals surface area contributed by atoms with Crippen LogP contribution in [0.2, 0.25) is 0 Å². The van der Waals surface area contributed by atoms with E-state index in [1.807, 2.05) is 26.8 Å². The maximum Gasteiger partial charge on any atom is 0.313 e. The number of carbonyl (C=O) groups is 1. The highest BCUT2D eigenvalue weighted by molar-refractivity contribution is 5.79. The van der Waals surface area contributed by atoms with Gasteiger partial charge < -0.3 is 9.84 Å². The molecule has 1 atom stereocenters. The summed E-state index contributed by atoms with van der Waals surface area (Å²) in [5.41, 5.74) is 3.48. The van der Waals surface area contributed by atoms with Crippen molar-refractivity contribution in [1.29, 1.82) is 0 Å². The number of rotatable bonds is 9. The van der Waals surface area contributed by atoms with Crippen molar-refractivity contribution < 1.29 is 14.6 Å². The second kappa shape index (κ2) is 9.99. The van der Waals surface area contributed by atoms with Crippen molar-refractivity contribution >= 4 is 5.97 Å². The Kier molecular flexibility index (Phi) is 8.66. The van der Waals surface area contributed by atoms with Crippen molar-refractivity contribution in [1.82, 2.24) is 0 Å². The van der Waals surface area contributed by atoms with Crippen LogP contribution in [0.15, 0.2) is 6.07 Å². The van der Waals surface area contributed by atoms with Crippen LogP contribution in [0.5, 0.6) is 5.75 Å². The molecule has 1 unspecified atom stereocenters. The van der Waals surface area contributed by atoms with Gasteiger partial charge in [-0.15, -0.1) is 0 Å². The van der Waals surface area contributed by atoms with Crippen LogP contribution >= 0.6 is 0 Å². The third-order valence-corrected chi connectivity index (χ3v) is 5.28. The molecular weight excluding hydrogens is 324 g/mol. The molecule has 26 heavy (non-hydrogen) atoms. The molecule has 1 N–H and O–H groups in total. The monoisotopic (exact) mass is 362 g/mol. The van der Waals surface area contributed by atoms with Gasteiger partial charge in [-0.25, -0.2) is 0 Å². The first kappa shape index (κ1) is 22.5. The Labute approximate surface area is 160 Å². The highest BCUT2D eigenvalue weighted by atomic mass is 16.5. The van der Waals surface area contributed by atoms with Crippen LogP contribution < -0.4 is 0 Å². The molecule has 0 radical (unpaired) electrons. The van der Waals surface area contributed by atoms with Crippen molar-refractivity contribution in [3.8, 4) is 5.75 Å². The Balaban J connectivity index is 2.75. The van der Waals surface area contributed by atoms with E-state index >= 15 is 0 Å². The summed E-state index contributed by atoms with van der Waals surface area (Å²) in [7, 11) is 0. The Morgan fingerprint density at radius 2 is 1.65 bits per heavy atom. The molecule has 3 heteroatoms. The smallest absolute Gasteiger partial charge is 0.313 e. The summed E-state index contributed by atoms with van der Waals surface area (Å²) >= 11 is 0. The number of carbonyl (C=O) groups excluding carboxylic acids is 1. The molecule has 1 aromatic rings. The lowest BCUT2D eigenvalue weighted by molar-refractivity contribution is -0.145. The van der Waals surface area contributed by atoms with Crippen LogP contribution in [0.4, 0.5) is 0 Å². The number of esters is 1. The Bertz CT molecular complexity index is 596. The Morgan fingerprint density at radius 3 is 2.23 bits per heavy atom. The van der Waals surface area contributed by atoms with Crippen molar-refractivity contribution in [3.05, 3.63) is 28.3 Å². The van der Waals surface area contributed by atoms with Crippen molar-refractivity contribution in [3.63, 3.8) is 0 Å². The average molecular weight is 363 g/mol. The van der Waals surface area contributed by atoms with Gasteiger partial charge in [-0.1, -0.05) is 65.9 Å². The minimum atomic E-state index is -0.324. The normalized spacial score (nSPS) is 12.9. The fourth-order valence-corrected chi connectivity index (χ4v) is 3.26. The van der Waals surface area contributed by atoms with Crippen LogP contribution in [-0.2, 0) is 14.9 Å². The van der Waals surface area contributed by atoms with Crippen LogP contribution in [0.3, 0.4) is 0 Å². The van der Waals surface area contributed by atoms with Gasteiger partial charge in [0.25, 0.3) is 0 Å². The van der Waals surface area contributed by atoms with E-state index in [9.17, 15) is 9.90 Å². The van der Waals surface area contributed by atoms with Crippen LogP contribution in [0.1, 0.15) is 101 Å². The molecule has 0 bridgehead atoms. The second-order valence-electron chi connectivity index (χ2n) is 8.52. The molecule has 3 nitrogen and oxygen atoms in total. The molecule has 0 saturated heterocycles. The van der Waals surface area contributed by atoms with Crippen molar-refractivity contribution in [2.75, 3.05) is 6.61 Å². The van der Waals surface area contributed by atoms with Gasteiger partial charge in [-0.3, -0.25) is 4.79 Å². The van der Waals surface area contributed by atoms with Crippen molar-refractivity contribution in [2.24, 2.45) is 0 Å². The molecule has 0 aromatic heterocycles. The van der Waals surface area contributed by atoms with E-state index in [1.54, 1.807) is 0 Å². The van der Waals surface area contributed by atoms with Gasteiger partial charge in [0.15, 0.2) is 0 Å². The first-order valence-electron chi connectivity index (χ1n) is 10.1. The van der Waals surface area contributed by atoms with Gasteiger partial charge in [0.1, 0.15) is 5.75 Å². The van der Waals surface area contributed by atoms with E-state index in [4.69, 9.17) is 4.74 Å². The van der Waals surface area contributed by atoms with Gasteiger partial charge in [-0.05, 0) is 54.9 Å². The van der Waals surface area contributed by atoms with E-state index in [-0.39, 0.29) is 17.3 Å². The van der Waals surface area contributed by atoms with Gasteiger partial charge in [0, 0.05) is 0 Å². The largest absolute Gasteiger partial charge is 0.507 e. The predicted octanol–water partition coefficient (Wildman–Crippen LogP) is 6.31. The number of aromatic hydroxyl groups is 1. The molecule has 0 heterocycles. The van der Waals surface area contributed by atoms with Gasteiger partial charge in [0.05, 0.1) is 12.5 Å². The summed E-state index contributed by atoms with van der Waals surface area (Å²) < 4.78 is 5.51. The molecule has 1 rings (SSSR count). The highest BCUT2D eigenvalue weighted by Gasteiger charge is 2.26. The van der Waals surface area contributed by atoms with Crippen molar-refractivity contribution in [2.45, 2.75) is 98.3 Å². The molecule has 1 aromatic carbocycles. The molecule has 0 aliphatic heterocycles. The van der Waals surface area contributed by atoms with E-state index in [1.165, 1.54) is 25.7 Å². The zero-order valence-corrected chi connectivity index (χ0v) is 17.9. The van der Waals surface area contributed by atoms with Gasteiger partial charge in [0.2, 0.25) is 0 Å². The highest BCUT2D eigenvalue weighted by Crippen LogP contribution is 2.38. The molecule has 0 aliphatic rings. The molecule has 0 saturated carbocycles. The average Bonchev–Trinajstić information content (AvgIpc) is 2.57. The lowest BCUT2D eigenvalue weighted by Gasteiger charge is -2.25. The number of phenolic OH excluding ortho intramolecular Hbond substituents is 1. The third kappa shape index (κ3) is 6.03. The molecule has 148 valence electrons. The number of hydrogen-bond acceptors (Lipinski definition) is 3. The lowest BCUT2D eigenvalue weighted by Crippen LogP contribution is -2.18. The van der Waals surface area contributed by atoms with Gasteiger partial charge >= 0.3 is 5.97 Å². The molecule has 0 fully saturated rings. The minimum absolute atomic E-state index is 0.174. The SMILES string of the molecule is CCCCCCCCOC(=O)C(C)c1cc(C(C)(C)C)c(O)c(C)c1C. The fraction of sp³-hybridized carbons (Fsp3) is 0.696. The van der Waals surface area contributed by atoms with E-state index in [2.05, 4.69) is 27.7 Å². The van der Waals surface area contributed by atoms with Gasteiger partial charge in [-0.2, -0.15) is 0 Å². The summed E-state index contributed by atoms with van der Waals surface area (Å²) in [6.45, 7) is 14.7. The van der Waals surface area contributed by atoms with Crippen LogP contribution in [0, 0.1) is 13.8 Å². The van der Waals surface area contributed by atoms with E-state index < -0.39 is 0 Å². The first-order valence-corrected chi connectivity index (χ1v) is 10.1. The molecule has 0 spiro atoms. The minimum Gasteiger partial charge on any atom is -0.507 e. The summed E-state index contributed by atoms with van der Waals surface area (Å²) in [6.07, 6.45) is 7.06. The molecule has 0 amide bonds.